The van der Waals surface area contributed by atoms with E-state index in [0.717, 1.165) is 37.7 Å². The zero-order valence-electron chi connectivity index (χ0n) is 13.8. The van der Waals surface area contributed by atoms with E-state index in [2.05, 4.69) is 48.0 Å². The van der Waals surface area contributed by atoms with Crippen LogP contribution < -0.4 is 10.2 Å². The Balaban J connectivity index is 1.99. The van der Waals surface area contributed by atoms with Crippen LogP contribution in [0.3, 0.4) is 0 Å². The lowest BCUT2D eigenvalue weighted by molar-refractivity contribution is 0.371. The Morgan fingerprint density at radius 1 is 1.38 bits per heavy atom. The van der Waals surface area contributed by atoms with Crippen molar-refractivity contribution in [1.29, 1.82) is 0 Å². The van der Waals surface area contributed by atoms with Gasteiger partial charge < -0.3 is 15.1 Å². The Kier molecular flexibility index (Phi) is 5.94. The van der Waals surface area contributed by atoms with Gasteiger partial charge in [0.25, 0.3) is 0 Å². The second-order valence-corrected chi connectivity index (χ2v) is 6.65. The quantitative estimate of drug-likeness (QED) is 0.829. The van der Waals surface area contributed by atoms with Crippen LogP contribution in [0, 0.1) is 5.92 Å². The van der Waals surface area contributed by atoms with Gasteiger partial charge in [-0.3, -0.25) is 4.98 Å². The summed E-state index contributed by atoms with van der Waals surface area (Å²) in [7, 11) is 4.27. The molecule has 0 aliphatic carbocycles. The van der Waals surface area contributed by atoms with Crippen LogP contribution in [-0.2, 0) is 6.54 Å². The highest BCUT2D eigenvalue weighted by molar-refractivity contribution is 5.39. The molecular formula is C16H29N5. The van der Waals surface area contributed by atoms with E-state index in [4.69, 9.17) is 4.98 Å². The summed E-state index contributed by atoms with van der Waals surface area (Å²) in [5.74, 6) is 1.69. The third-order valence-corrected chi connectivity index (χ3v) is 3.78. The average Bonchev–Trinajstić information content (AvgIpc) is 2.86. The monoisotopic (exact) mass is 291 g/mol. The van der Waals surface area contributed by atoms with Gasteiger partial charge in [-0.1, -0.05) is 13.8 Å². The number of nitrogens with one attached hydrogen (secondary N) is 1. The second kappa shape index (κ2) is 7.71. The maximum atomic E-state index is 4.79. The number of hydrogen-bond donors (Lipinski definition) is 1. The van der Waals surface area contributed by atoms with Crippen LogP contribution in [-0.4, -0.2) is 54.6 Å². The van der Waals surface area contributed by atoms with Crippen LogP contribution >= 0.6 is 0 Å². The summed E-state index contributed by atoms with van der Waals surface area (Å²) < 4.78 is 0. The van der Waals surface area contributed by atoms with Gasteiger partial charge in [0.2, 0.25) is 0 Å². The highest BCUT2D eigenvalue weighted by Gasteiger charge is 2.26. The molecule has 2 heterocycles. The summed E-state index contributed by atoms with van der Waals surface area (Å²) in [6.07, 6.45) is 6.26. The fourth-order valence-electron chi connectivity index (χ4n) is 2.86. The van der Waals surface area contributed by atoms with Gasteiger partial charge in [0.15, 0.2) is 0 Å². The Morgan fingerprint density at radius 3 is 2.90 bits per heavy atom. The molecular weight excluding hydrogens is 262 g/mol. The van der Waals surface area contributed by atoms with E-state index in [1.54, 1.807) is 0 Å². The first-order valence-corrected chi connectivity index (χ1v) is 7.99. The molecule has 1 aromatic heterocycles. The molecule has 5 nitrogen and oxygen atoms in total. The molecule has 1 atom stereocenters. The predicted molar refractivity (Wildman–Crippen MR) is 87.5 cm³/mol. The maximum absolute atomic E-state index is 4.79. The van der Waals surface area contributed by atoms with Crippen molar-refractivity contribution in [1.82, 2.24) is 20.2 Å². The van der Waals surface area contributed by atoms with E-state index < -0.39 is 0 Å². The number of nitrogens with zero attached hydrogens (tertiary/aromatic N) is 4. The molecule has 0 bridgehead atoms. The minimum absolute atomic E-state index is 0.563. The smallest absolute Gasteiger partial charge is 0.147 e. The summed E-state index contributed by atoms with van der Waals surface area (Å²) in [5.41, 5.74) is 1.03. The second-order valence-electron chi connectivity index (χ2n) is 6.65. The molecule has 0 saturated carbocycles. The molecule has 0 radical (unpaired) electrons. The molecule has 2 rings (SSSR count). The number of aromatic nitrogens is 2. The minimum atomic E-state index is 0.563. The van der Waals surface area contributed by atoms with Crippen molar-refractivity contribution < 1.29 is 0 Å². The molecule has 5 heteroatoms. The largest absolute Gasteiger partial charge is 0.351 e. The van der Waals surface area contributed by atoms with Crippen LogP contribution in [0.1, 0.15) is 32.4 Å². The first-order chi connectivity index (χ1) is 10.1. The van der Waals surface area contributed by atoms with Crippen molar-refractivity contribution in [2.45, 2.75) is 39.3 Å². The Hall–Kier alpha value is -1.20. The van der Waals surface area contributed by atoms with Gasteiger partial charge in [0.1, 0.15) is 5.82 Å². The molecule has 118 valence electrons. The van der Waals surface area contributed by atoms with Gasteiger partial charge in [-0.2, -0.15) is 0 Å². The van der Waals surface area contributed by atoms with Crippen LogP contribution in [0.2, 0.25) is 0 Å². The topological polar surface area (TPSA) is 44.3 Å². The summed E-state index contributed by atoms with van der Waals surface area (Å²) in [4.78, 5) is 13.8. The lowest BCUT2D eigenvalue weighted by Crippen LogP contribution is -2.38. The van der Waals surface area contributed by atoms with Gasteiger partial charge in [-0.15, -0.1) is 0 Å². The van der Waals surface area contributed by atoms with Crippen molar-refractivity contribution in [2.75, 3.05) is 38.6 Å². The zero-order chi connectivity index (χ0) is 15.2. The molecule has 1 aromatic rings. The SMILES string of the molecule is CC(C)CNCc1cncc(N2CCCC2CN(C)C)n1. The molecule has 1 fully saturated rings. The van der Waals surface area contributed by atoms with Gasteiger partial charge in [0, 0.05) is 31.9 Å². The average molecular weight is 291 g/mol. The first-order valence-electron chi connectivity index (χ1n) is 7.99. The van der Waals surface area contributed by atoms with E-state index in [1.165, 1.54) is 12.8 Å². The number of hydrogen-bond acceptors (Lipinski definition) is 5. The molecule has 1 N–H and O–H groups in total. The maximum Gasteiger partial charge on any atom is 0.147 e. The minimum Gasteiger partial charge on any atom is -0.351 e. The molecule has 1 aliphatic rings. The highest BCUT2D eigenvalue weighted by atomic mass is 15.3. The van der Waals surface area contributed by atoms with Gasteiger partial charge in [-0.25, -0.2) is 4.98 Å². The normalized spacial score (nSPS) is 19.0. The molecule has 0 spiro atoms. The summed E-state index contributed by atoms with van der Waals surface area (Å²) in [6, 6.07) is 0.563. The predicted octanol–water partition coefficient (Wildman–Crippen LogP) is 1.75. The van der Waals surface area contributed by atoms with Crippen molar-refractivity contribution >= 4 is 5.82 Å². The Labute approximate surface area is 128 Å². The van der Waals surface area contributed by atoms with Crippen molar-refractivity contribution in [3.05, 3.63) is 18.1 Å². The third-order valence-electron chi connectivity index (χ3n) is 3.78. The van der Waals surface area contributed by atoms with Crippen molar-refractivity contribution in [3.63, 3.8) is 0 Å². The number of anilines is 1. The van der Waals surface area contributed by atoms with Crippen LogP contribution in [0.4, 0.5) is 5.82 Å². The Bertz CT molecular complexity index is 432. The molecule has 1 saturated heterocycles. The summed E-state index contributed by atoms with van der Waals surface area (Å²) in [6.45, 7) is 8.41. The van der Waals surface area contributed by atoms with Gasteiger partial charge in [-0.05, 0) is 39.4 Å². The van der Waals surface area contributed by atoms with Gasteiger partial charge in [0.05, 0.1) is 11.9 Å². The number of rotatable bonds is 7. The summed E-state index contributed by atoms with van der Waals surface area (Å²) >= 11 is 0. The fraction of sp³-hybridized carbons (Fsp3) is 0.750. The van der Waals surface area contributed by atoms with E-state index in [-0.39, 0.29) is 0 Å². The zero-order valence-corrected chi connectivity index (χ0v) is 13.8. The number of likely N-dealkylation sites (N-methyl/N-ethyl adjacent to an activating group) is 1. The van der Waals surface area contributed by atoms with Crippen LogP contribution in [0.5, 0.6) is 0 Å². The lowest BCUT2D eigenvalue weighted by Gasteiger charge is -2.28. The van der Waals surface area contributed by atoms with Crippen LogP contribution in [0.25, 0.3) is 0 Å². The fourth-order valence-corrected chi connectivity index (χ4v) is 2.86. The third kappa shape index (κ3) is 4.93. The van der Waals surface area contributed by atoms with E-state index in [0.29, 0.717) is 12.0 Å². The summed E-state index contributed by atoms with van der Waals surface area (Å²) in [5, 5.41) is 3.43. The standard InChI is InChI=1S/C16H29N5/c1-13(2)8-17-9-14-10-18-11-16(19-14)21-7-5-6-15(21)12-20(3)4/h10-11,13,15,17H,5-9,12H2,1-4H3. The molecule has 0 aromatic carbocycles. The van der Waals surface area contributed by atoms with E-state index in [1.807, 2.05) is 12.4 Å². The highest BCUT2D eigenvalue weighted by Crippen LogP contribution is 2.23. The van der Waals surface area contributed by atoms with Crippen molar-refractivity contribution in [3.8, 4) is 0 Å². The van der Waals surface area contributed by atoms with Crippen molar-refractivity contribution in [2.24, 2.45) is 5.92 Å². The molecule has 0 amide bonds. The van der Waals surface area contributed by atoms with Gasteiger partial charge >= 0.3 is 0 Å². The molecule has 1 aliphatic heterocycles. The van der Waals surface area contributed by atoms with Crippen LogP contribution in [0.15, 0.2) is 12.4 Å². The Morgan fingerprint density at radius 2 is 2.19 bits per heavy atom. The molecule has 1 unspecified atom stereocenters. The lowest BCUT2D eigenvalue weighted by atomic mass is 10.2. The van der Waals surface area contributed by atoms with E-state index in [9.17, 15) is 0 Å². The van der Waals surface area contributed by atoms with E-state index >= 15 is 0 Å². The molecule has 21 heavy (non-hydrogen) atoms. The first kappa shape index (κ1) is 16.2.